The number of rotatable bonds is 8. The van der Waals surface area contributed by atoms with Crippen molar-refractivity contribution in [1.29, 1.82) is 5.26 Å². The summed E-state index contributed by atoms with van der Waals surface area (Å²) in [6.07, 6.45) is 8.21. The van der Waals surface area contributed by atoms with Gasteiger partial charge in [0, 0.05) is 13.7 Å². The van der Waals surface area contributed by atoms with Gasteiger partial charge < -0.3 is 14.8 Å². The lowest BCUT2D eigenvalue weighted by Crippen LogP contribution is -2.37. The van der Waals surface area contributed by atoms with Crippen molar-refractivity contribution in [1.82, 2.24) is 5.32 Å². The quantitative estimate of drug-likeness (QED) is 0.688. The highest BCUT2D eigenvalue weighted by atomic mass is 16.5. The van der Waals surface area contributed by atoms with Crippen LogP contribution in [0.3, 0.4) is 0 Å². The molecule has 0 radical (unpaired) electrons. The van der Waals surface area contributed by atoms with E-state index in [1.165, 1.54) is 12.8 Å². The lowest BCUT2D eigenvalue weighted by molar-refractivity contribution is -0.0304. The Hall–Kier alpha value is -0.630. The summed E-state index contributed by atoms with van der Waals surface area (Å²) in [5, 5.41) is 12.1. The topological polar surface area (TPSA) is 54.3 Å². The Bertz CT molecular complexity index is 290. The van der Waals surface area contributed by atoms with Gasteiger partial charge in [-0.05, 0) is 58.9 Å². The monoisotopic (exact) mass is 268 g/mol. The highest BCUT2D eigenvalue weighted by molar-refractivity contribution is 5.02. The van der Waals surface area contributed by atoms with Gasteiger partial charge in [-0.15, -0.1) is 0 Å². The highest BCUT2D eigenvalue weighted by Gasteiger charge is 2.22. The molecule has 0 aromatic rings. The molecule has 0 bridgehead atoms. The molecule has 4 nitrogen and oxygen atoms in total. The fourth-order valence-corrected chi connectivity index (χ4v) is 2.53. The van der Waals surface area contributed by atoms with Gasteiger partial charge in [-0.1, -0.05) is 0 Å². The molecule has 0 aromatic carbocycles. The van der Waals surface area contributed by atoms with Crippen molar-refractivity contribution in [2.24, 2.45) is 0 Å². The van der Waals surface area contributed by atoms with E-state index in [9.17, 15) is 0 Å². The number of nitrogens with one attached hydrogen (secondary N) is 1. The normalized spacial score (nSPS) is 26.6. The van der Waals surface area contributed by atoms with Gasteiger partial charge >= 0.3 is 0 Å². The second kappa shape index (κ2) is 8.52. The SMILES string of the molecule is CNC(C)(C#N)CCCCOC1CCCC(OC)C1. The van der Waals surface area contributed by atoms with Crippen LogP contribution in [-0.4, -0.2) is 38.5 Å². The Kier molecular flexibility index (Phi) is 7.37. The van der Waals surface area contributed by atoms with E-state index in [0.29, 0.717) is 12.2 Å². The van der Waals surface area contributed by atoms with Gasteiger partial charge in [0.05, 0.1) is 18.3 Å². The maximum Gasteiger partial charge on any atom is 0.103 e. The summed E-state index contributed by atoms with van der Waals surface area (Å²) in [7, 11) is 3.63. The molecule has 0 saturated heterocycles. The minimum atomic E-state index is -0.397. The smallest absolute Gasteiger partial charge is 0.103 e. The first-order chi connectivity index (χ1) is 9.13. The summed E-state index contributed by atoms with van der Waals surface area (Å²) < 4.78 is 11.3. The van der Waals surface area contributed by atoms with E-state index in [0.717, 1.165) is 38.7 Å². The van der Waals surface area contributed by atoms with Crippen molar-refractivity contribution in [3.63, 3.8) is 0 Å². The van der Waals surface area contributed by atoms with Crippen LogP contribution in [0.4, 0.5) is 0 Å². The molecule has 1 N–H and O–H groups in total. The predicted octanol–water partition coefficient (Wildman–Crippen LogP) is 2.63. The second-order valence-electron chi connectivity index (χ2n) is 5.67. The van der Waals surface area contributed by atoms with Gasteiger partial charge in [0.2, 0.25) is 0 Å². The van der Waals surface area contributed by atoms with E-state index < -0.39 is 5.54 Å². The number of nitriles is 1. The summed E-state index contributed by atoms with van der Waals surface area (Å²) in [4.78, 5) is 0. The molecule has 0 aromatic heterocycles. The summed E-state index contributed by atoms with van der Waals surface area (Å²) >= 11 is 0. The molecule has 1 saturated carbocycles. The third kappa shape index (κ3) is 5.90. The average molecular weight is 268 g/mol. The van der Waals surface area contributed by atoms with Crippen LogP contribution in [0.25, 0.3) is 0 Å². The Labute approximate surface area is 117 Å². The van der Waals surface area contributed by atoms with E-state index in [4.69, 9.17) is 14.7 Å². The molecule has 0 amide bonds. The third-order valence-electron chi connectivity index (χ3n) is 4.13. The van der Waals surface area contributed by atoms with Crippen LogP contribution in [0.1, 0.15) is 51.9 Å². The Morgan fingerprint density at radius 2 is 2.05 bits per heavy atom. The van der Waals surface area contributed by atoms with Crippen molar-refractivity contribution >= 4 is 0 Å². The maximum atomic E-state index is 9.04. The van der Waals surface area contributed by atoms with Gasteiger partial charge in [0.1, 0.15) is 5.54 Å². The summed E-state index contributed by atoms with van der Waals surface area (Å²) in [6.45, 7) is 2.74. The molecule has 0 aliphatic heterocycles. The first-order valence-corrected chi connectivity index (χ1v) is 7.38. The van der Waals surface area contributed by atoms with E-state index in [1.54, 1.807) is 7.11 Å². The zero-order valence-corrected chi connectivity index (χ0v) is 12.6. The van der Waals surface area contributed by atoms with Crippen LogP contribution in [0.5, 0.6) is 0 Å². The molecule has 0 spiro atoms. The third-order valence-corrected chi connectivity index (χ3v) is 4.13. The van der Waals surface area contributed by atoms with Crippen molar-refractivity contribution in [3.05, 3.63) is 0 Å². The molecule has 1 fully saturated rings. The number of methoxy groups -OCH3 is 1. The number of ether oxygens (including phenoxy) is 2. The number of hydrogen-bond acceptors (Lipinski definition) is 4. The average Bonchev–Trinajstić information content (AvgIpc) is 2.47. The molecule has 3 atom stereocenters. The Balaban J connectivity index is 2.09. The van der Waals surface area contributed by atoms with Gasteiger partial charge in [-0.25, -0.2) is 0 Å². The molecular weight excluding hydrogens is 240 g/mol. The van der Waals surface area contributed by atoms with E-state index in [-0.39, 0.29) is 0 Å². The number of unbranched alkanes of at least 4 members (excludes halogenated alkanes) is 1. The lowest BCUT2D eigenvalue weighted by Gasteiger charge is -2.28. The molecule has 0 heterocycles. The molecule has 19 heavy (non-hydrogen) atoms. The van der Waals surface area contributed by atoms with Crippen LogP contribution in [0.2, 0.25) is 0 Å². The molecule has 110 valence electrons. The van der Waals surface area contributed by atoms with Gasteiger partial charge in [-0.3, -0.25) is 0 Å². The molecule has 4 heteroatoms. The van der Waals surface area contributed by atoms with Crippen LogP contribution in [0, 0.1) is 11.3 Å². The molecule has 3 unspecified atom stereocenters. The summed E-state index contributed by atoms with van der Waals surface area (Å²) in [6, 6.07) is 2.31. The first kappa shape index (κ1) is 16.4. The molecule has 1 aliphatic carbocycles. The Morgan fingerprint density at radius 3 is 2.68 bits per heavy atom. The van der Waals surface area contributed by atoms with Crippen LogP contribution < -0.4 is 5.32 Å². The van der Waals surface area contributed by atoms with Gasteiger partial charge in [0.25, 0.3) is 0 Å². The predicted molar refractivity (Wildman–Crippen MR) is 75.9 cm³/mol. The van der Waals surface area contributed by atoms with Crippen LogP contribution in [-0.2, 0) is 9.47 Å². The van der Waals surface area contributed by atoms with E-state index in [2.05, 4.69) is 11.4 Å². The highest BCUT2D eigenvalue weighted by Crippen LogP contribution is 2.23. The largest absolute Gasteiger partial charge is 0.381 e. The number of hydrogen-bond donors (Lipinski definition) is 1. The van der Waals surface area contributed by atoms with E-state index >= 15 is 0 Å². The summed E-state index contributed by atoms with van der Waals surface area (Å²) in [5.41, 5.74) is -0.397. The molecule has 1 aliphatic rings. The van der Waals surface area contributed by atoms with Gasteiger partial charge in [0.15, 0.2) is 0 Å². The zero-order valence-electron chi connectivity index (χ0n) is 12.6. The lowest BCUT2D eigenvalue weighted by atomic mass is 9.95. The van der Waals surface area contributed by atoms with Crippen molar-refractivity contribution < 1.29 is 9.47 Å². The van der Waals surface area contributed by atoms with Crippen molar-refractivity contribution in [3.8, 4) is 6.07 Å². The van der Waals surface area contributed by atoms with Crippen molar-refractivity contribution in [2.75, 3.05) is 20.8 Å². The minimum Gasteiger partial charge on any atom is -0.381 e. The standard InChI is InChI=1S/C15H28N2O2/c1-15(12-16,17-2)9-4-5-10-19-14-8-6-7-13(11-14)18-3/h13-14,17H,4-11H2,1-3H3. The summed E-state index contributed by atoms with van der Waals surface area (Å²) in [5.74, 6) is 0. The minimum absolute atomic E-state index is 0.366. The van der Waals surface area contributed by atoms with Crippen LogP contribution >= 0.6 is 0 Å². The number of nitrogens with zero attached hydrogens (tertiary/aromatic N) is 1. The second-order valence-corrected chi connectivity index (χ2v) is 5.67. The van der Waals surface area contributed by atoms with Crippen LogP contribution in [0.15, 0.2) is 0 Å². The Morgan fingerprint density at radius 1 is 1.32 bits per heavy atom. The van der Waals surface area contributed by atoms with Crippen molar-refractivity contribution in [2.45, 2.75) is 69.6 Å². The molecular formula is C15H28N2O2. The van der Waals surface area contributed by atoms with E-state index in [1.807, 2.05) is 14.0 Å². The van der Waals surface area contributed by atoms with Gasteiger partial charge in [-0.2, -0.15) is 5.26 Å². The fourth-order valence-electron chi connectivity index (χ4n) is 2.53. The first-order valence-electron chi connectivity index (χ1n) is 7.38. The zero-order chi connectivity index (χ0) is 14.1. The maximum absolute atomic E-state index is 9.04. The fraction of sp³-hybridized carbons (Fsp3) is 0.933. The molecule has 1 rings (SSSR count).